The second-order valence-electron chi connectivity index (χ2n) is 4.78. The minimum Gasteiger partial charge on any atom is -0.465 e. The van der Waals surface area contributed by atoms with E-state index < -0.39 is 23.5 Å². The summed E-state index contributed by atoms with van der Waals surface area (Å²) in [6, 6.07) is 0. The van der Waals surface area contributed by atoms with Gasteiger partial charge in [0.25, 0.3) is 6.47 Å². The summed E-state index contributed by atoms with van der Waals surface area (Å²) in [5.74, 6) is -0.978. The number of rotatable bonds is 12. The summed E-state index contributed by atoms with van der Waals surface area (Å²) in [6.45, 7) is 6.98. The van der Waals surface area contributed by atoms with E-state index in [1.807, 2.05) is 0 Å². The Kier molecular flexibility index (Phi) is 9.33. The first-order chi connectivity index (χ1) is 12.0. The maximum Gasteiger partial charge on any atom is 0.407 e. The second kappa shape index (κ2) is 11.3. The number of thioether (sulfide) groups is 1. The van der Waals surface area contributed by atoms with E-state index in [4.69, 9.17) is 4.74 Å². The average Bonchev–Trinajstić information content (AvgIpc) is 2.59. The van der Waals surface area contributed by atoms with Crippen molar-refractivity contribution in [3.63, 3.8) is 0 Å². The summed E-state index contributed by atoms with van der Waals surface area (Å²) >= 11 is 0.848. The third-order valence-electron chi connectivity index (χ3n) is 3.04. The van der Waals surface area contributed by atoms with Gasteiger partial charge < -0.3 is 24.8 Å². The molecular formula is C15H20N2O7S. The summed E-state index contributed by atoms with van der Waals surface area (Å²) < 4.78 is 14.8. The predicted molar refractivity (Wildman–Crippen MR) is 89.5 cm³/mol. The number of alkyl carbamates (subject to hydrolysis) is 1. The van der Waals surface area contributed by atoms with Gasteiger partial charge in [0, 0.05) is 0 Å². The number of amides is 2. The molecule has 1 heterocycles. The Balaban J connectivity index is 2.50. The molecule has 1 fully saturated rings. The van der Waals surface area contributed by atoms with Crippen LogP contribution in [0.25, 0.3) is 0 Å². The van der Waals surface area contributed by atoms with Gasteiger partial charge in [0.15, 0.2) is 0 Å². The van der Waals surface area contributed by atoms with Crippen molar-refractivity contribution < 1.29 is 33.4 Å². The van der Waals surface area contributed by atoms with Crippen molar-refractivity contribution >= 4 is 35.3 Å². The molecule has 0 spiro atoms. The van der Waals surface area contributed by atoms with Gasteiger partial charge in [-0.3, -0.25) is 14.4 Å². The molecule has 0 aromatic carbocycles. The molecule has 0 aromatic rings. The molecule has 10 heteroatoms. The average molecular weight is 372 g/mol. The molecular weight excluding hydrogens is 352 g/mol. The Morgan fingerprint density at radius 1 is 1.32 bits per heavy atom. The molecule has 2 N–H and O–H groups in total. The van der Waals surface area contributed by atoms with Crippen LogP contribution in [0.15, 0.2) is 25.3 Å². The van der Waals surface area contributed by atoms with E-state index in [0.717, 1.165) is 11.8 Å². The minimum absolute atomic E-state index is 0.0347. The molecule has 0 radical (unpaired) electrons. The SMILES string of the molecule is C=CCOC(=O)NCC(=O)S[C@H]1NC(=O)[C@@H]1C(COC=O)OCC=C. The van der Waals surface area contributed by atoms with Crippen molar-refractivity contribution in [1.82, 2.24) is 10.6 Å². The molecule has 0 saturated carbocycles. The molecule has 2 amide bonds. The largest absolute Gasteiger partial charge is 0.465 e. The Morgan fingerprint density at radius 2 is 2.04 bits per heavy atom. The summed E-state index contributed by atoms with van der Waals surface area (Å²) in [6.07, 6.45) is 1.45. The number of ether oxygens (including phenoxy) is 3. The van der Waals surface area contributed by atoms with Gasteiger partial charge >= 0.3 is 6.09 Å². The molecule has 0 aromatic heterocycles. The number of nitrogens with one attached hydrogen (secondary N) is 2. The van der Waals surface area contributed by atoms with Crippen molar-refractivity contribution in [3.8, 4) is 0 Å². The lowest BCUT2D eigenvalue weighted by atomic mass is 9.95. The fourth-order valence-electron chi connectivity index (χ4n) is 1.93. The van der Waals surface area contributed by atoms with Crippen LogP contribution in [-0.2, 0) is 28.6 Å². The maximum atomic E-state index is 11.9. The zero-order valence-electron chi connectivity index (χ0n) is 13.5. The van der Waals surface area contributed by atoms with E-state index in [-0.39, 0.29) is 43.9 Å². The minimum atomic E-state index is -0.741. The van der Waals surface area contributed by atoms with Crippen LogP contribution in [-0.4, -0.2) is 61.4 Å². The van der Waals surface area contributed by atoms with Gasteiger partial charge in [0.05, 0.1) is 24.4 Å². The Labute approximate surface area is 149 Å². The highest BCUT2D eigenvalue weighted by Crippen LogP contribution is 2.30. The van der Waals surface area contributed by atoms with Crippen LogP contribution < -0.4 is 10.6 Å². The maximum absolute atomic E-state index is 11.9. The second-order valence-corrected chi connectivity index (χ2v) is 5.97. The van der Waals surface area contributed by atoms with Gasteiger partial charge in [-0.2, -0.15) is 0 Å². The van der Waals surface area contributed by atoms with E-state index in [9.17, 15) is 19.2 Å². The van der Waals surface area contributed by atoms with Gasteiger partial charge in [-0.25, -0.2) is 4.79 Å². The number of β-lactam (4-membered cyclic amide) rings is 1. The van der Waals surface area contributed by atoms with E-state index in [1.54, 1.807) is 0 Å². The number of hydrogen-bond acceptors (Lipinski definition) is 8. The summed E-state index contributed by atoms with van der Waals surface area (Å²) in [7, 11) is 0. The van der Waals surface area contributed by atoms with Crippen molar-refractivity contribution in [2.45, 2.75) is 11.5 Å². The number of carbonyl (C=O) groups excluding carboxylic acids is 4. The Hall–Kier alpha value is -2.33. The molecule has 9 nitrogen and oxygen atoms in total. The van der Waals surface area contributed by atoms with Crippen molar-refractivity contribution in [2.75, 3.05) is 26.4 Å². The third-order valence-corrected chi connectivity index (χ3v) is 4.11. The summed E-state index contributed by atoms with van der Waals surface area (Å²) in [4.78, 5) is 45.3. The fourth-order valence-corrected chi connectivity index (χ4v) is 2.99. The van der Waals surface area contributed by atoms with Crippen LogP contribution in [0.5, 0.6) is 0 Å². The van der Waals surface area contributed by atoms with Crippen molar-refractivity contribution in [2.24, 2.45) is 5.92 Å². The zero-order chi connectivity index (χ0) is 18.7. The monoisotopic (exact) mass is 372 g/mol. The van der Waals surface area contributed by atoms with Crippen LogP contribution in [0.3, 0.4) is 0 Å². The Bertz CT molecular complexity index is 514. The topological polar surface area (TPSA) is 120 Å². The lowest BCUT2D eigenvalue weighted by Gasteiger charge is -2.39. The van der Waals surface area contributed by atoms with E-state index in [1.165, 1.54) is 12.2 Å². The highest BCUT2D eigenvalue weighted by atomic mass is 32.2. The van der Waals surface area contributed by atoms with Gasteiger partial charge in [-0.1, -0.05) is 30.5 Å². The lowest BCUT2D eigenvalue weighted by Crippen LogP contribution is -2.62. The van der Waals surface area contributed by atoms with E-state index >= 15 is 0 Å². The third kappa shape index (κ3) is 6.98. The first kappa shape index (κ1) is 20.7. The molecule has 138 valence electrons. The Morgan fingerprint density at radius 3 is 2.64 bits per heavy atom. The van der Waals surface area contributed by atoms with Crippen LogP contribution in [0.4, 0.5) is 4.79 Å². The summed E-state index contributed by atoms with van der Waals surface area (Å²) in [5.41, 5.74) is 0. The lowest BCUT2D eigenvalue weighted by molar-refractivity contribution is -0.147. The molecule has 3 atom stereocenters. The van der Waals surface area contributed by atoms with Crippen LogP contribution in [0.2, 0.25) is 0 Å². The highest BCUT2D eigenvalue weighted by Gasteiger charge is 2.47. The smallest absolute Gasteiger partial charge is 0.407 e. The van der Waals surface area contributed by atoms with Gasteiger partial charge in [0.2, 0.25) is 11.0 Å². The van der Waals surface area contributed by atoms with Crippen LogP contribution in [0.1, 0.15) is 0 Å². The quantitative estimate of drug-likeness (QED) is 0.278. The first-order valence-corrected chi connectivity index (χ1v) is 8.20. The van der Waals surface area contributed by atoms with Crippen molar-refractivity contribution in [3.05, 3.63) is 25.3 Å². The van der Waals surface area contributed by atoms with E-state index in [0.29, 0.717) is 0 Å². The number of carbonyl (C=O) groups is 4. The first-order valence-electron chi connectivity index (χ1n) is 7.32. The molecule has 25 heavy (non-hydrogen) atoms. The summed E-state index contributed by atoms with van der Waals surface area (Å²) in [5, 5.41) is 3.95. The van der Waals surface area contributed by atoms with E-state index in [2.05, 4.69) is 33.3 Å². The fraction of sp³-hybridized carbons (Fsp3) is 0.467. The standard InChI is InChI=1S/C15H20N2O7S/c1-3-5-23-10(8-22-9-18)12-13(20)17-14(12)25-11(19)7-16-15(21)24-6-4-2/h3-4,9-10,12,14H,1-2,5-8H2,(H,16,21)(H,17,20)/t10?,12-,14+/m0/s1. The zero-order valence-corrected chi connectivity index (χ0v) is 14.3. The molecule has 1 unspecified atom stereocenters. The molecule has 1 rings (SSSR count). The van der Waals surface area contributed by atoms with Crippen molar-refractivity contribution in [1.29, 1.82) is 0 Å². The molecule has 1 aliphatic heterocycles. The molecule has 1 aliphatic rings. The van der Waals surface area contributed by atoms with Gasteiger partial charge in [-0.15, -0.1) is 6.58 Å². The van der Waals surface area contributed by atoms with Gasteiger partial charge in [0.1, 0.15) is 19.3 Å². The van der Waals surface area contributed by atoms with Crippen LogP contribution >= 0.6 is 11.8 Å². The molecule has 0 bridgehead atoms. The molecule has 1 saturated heterocycles. The highest BCUT2D eigenvalue weighted by molar-refractivity contribution is 8.14. The number of hydrogen-bond donors (Lipinski definition) is 2. The van der Waals surface area contributed by atoms with Crippen LogP contribution in [0, 0.1) is 5.92 Å². The van der Waals surface area contributed by atoms with Gasteiger partial charge in [-0.05, 0) is 0 Å². The predicted octanol–water partition coefficient (Wildman–Crippen LogP) is -0.0253. The normalized spacial score (nSPS) is 19.6. The molecule has 0 aliphatic carbocycles.